The lowest BCUT2D eigenvalue weighted by Gasteiger charge is -2.09. The Morgan fingerprint density at radius 2 is 2.18 bits per heavy atom. The van der Waals surface area contributed by atoms with Crippen molar-refractivity contribution in [3.63, 3.8) is 0 Å². The lowest BCUT2D eigenvalue weighted by atomic mass is 10.3. The summed E-state index contributed by atoms with van der Waals surface area (Å²) in [6.45, 7) is 0.0961. The van der Waals surface area contributed by atoms with Crippen molar-refractivity contribution in [2.24, 2.45) is 4.99 Å². The number of hydrogen-bond acceptors (Lipinski definition) is 8. The molecule has 28 heavy (non-hydrogen) atoms. The Morgan fingerprint density at radius 3 is 2.82 bits per heavy atom. The Labute approximate surface area is 161 Å². The summed E-state index contributed by atoms with van der Waals surface area (Å²) in [4.78, 5) is 23.9. The minimum Gasteiger partial charge on any atom is -0.449 e. The van der Waals surface area contributed by atoms with Crippen LogP contribution in [-0.2, 0) is 16.4 Å². The molecule has 3 heterocycles. The number of fused-ring (bicyclic) bond motifs is 1. The molecule has 1 amide bonds. The van der Waals surface area contributed by atoms with E-state index in [1.165, 1.54) is 37.8 Å². The van der Waals surface area contributed by atoms with Crippen molar-refractivity contribution in [3.05, 3.63) is 54.3 Å². The van der Waals surface area contributed by atoms with Crippen LogP contribution in [0.25, 0.3) is 11.0 Å². The highest BCUT2D eigenvalue weighted by atomic mass is 32.2. The third kappa shape index (κ3) is 3.96. The van der Waals surface area contributed by atoms with Gasteiger partial charge < -0.3 is 15.1 Å². The van der Waals surface area contributed by atoms with E-state index in [2.05, 4.69) is 20.3 Å². The lowest BCUT2D eigenvalue weighted by molar-refractivity contribution is 0.0925. The van der Waals surface area contributed by atoms with Gasteiger partial charge in [-0.1, -0.05) is 0 Å². The number of pyridine rings is 2. The molecular formula is C18H17N5O4S. The molecule has 2 N–H and O–H groups in total. The molecular weight excluding hydrogens is 382 g/mol. The van der Waals surface area contributed by atoms with Gasteiger partial charge in [0.15, 0.2) is 21.2 Å². The number of nitrogens with one attached hydrogen (secondary N) is 2. The minimum absolute atomic E-state index is 0.0271. The van der Waals surface area contributed by atoms with E-state index < -0.39 is 21.0 Å². The first kappa shape index (κ1) is 19.4. The van der Waals surface area contributed by atoms with Crippen LogP contribution in [0, 0.1) is 5.41 Å². The van der Waals surface area contributed by atoms with E-state index in [9.17, 15) is 13.2 Å². The van der Waals surface area contributed by atoms with Crippen molar-refractivity contribution in [1.29, 1.82) is 5.41 Å². The third-order valence-corrected chi connectivity index (χ3v) is 5.79. The first-order valence-corrected chi connectivity index (χ1v) is 9.74. The third-order valence-electron chi connectivity index (χ3n) is 3.92. The summed E-state index contributed by atoms with van der Waals surface area (Å²) in [6.07, 6.45) is 6.31. The highest BCUT2D eigenvalue weighted by molar-refractivity contribution is 7.93. The van der Waals surface area contributed by atoms with Crippen molar-refractivity contribution < 1.29 is 17.6 Å². The maximum absolute atomic E-state index is 12.4. The van der Waals surface area contributed by atoms with Gasteiger partial charge in [0.25, 0.3) is 5.91 Å². The van der Waals surface area contributed by atoms with Gasteiger partial charge in [0.1, 0.15) is 5.25 Å². The zero-order valence-corrected chi connectivity index (χ0v) is 15.7. The van der Waals surface area contributed by atoms with Gasteiger partial charge in [-0.15, -0.1) is 0 Å². The van der Waals surface area contributed by atoms with E-state index >= 15 is 0 Å². The second-order valence-electron chi connectivity index (χ2n) is 5.78. The van der Waals surface area contributed by atoms with Crippen molar-refractivity contribution in [1.82, 2.24) is 15.3 Å². The molecule has 9 nitrogen and oxygen atoms in total. The molecule has 3 rings (SSSR count). The van der Waals surface area contributed by atoms with E-state index in [1.807, 2.05) is 0 Å². The zero-order valence-electron chi connectivity index (χ0n) is 14.9. The van der Waals surface area contributed by atoms with Crippen molar-refractivity contribution in [2.45, 2.75) is 16.7 Å². The molecule has 0 aliphatic heterocycles. The molecule has 1 unspecified atom stereocenters. The molecule has 3 aromatic heterocycles. The maximum atomic E-state index is 12.4. The second-order valence-corrected chi connectivity index (χ2v) is 7.88. The molecule has 0 saturated heterocycles. The van der Waals surface area contributed by atoms with Crippen LogP contribution in [0.5, 0.6) is 0 Å². The van der Waals surface area contributed by atoms with Crippen LogP contribution >= 0.6 is 0 Å². The molecule has 0 spiro atoms. The van der Waals surface area contributed by atoms with Gasteiger partial charge >= 0.3 is 0 Å². The summed E-state index contributed by atoms with van der Waals surface area (Å²) < 4.78 is 30.3. The number of hydrogen-bond donors (Lipinski definition) is 2. The number of rotatable bonds is 7. The molecule has 1 atom stereocenters. The van der Waals surface area contributed by atoms with Crippen LogP contribution in [0.3, 0.4) is 0 Å². The highest BCUT2D eigenvalue weighted by Crippen LogP contribution is 2.18. The molecule has 10 heteroatoms. The number of aromatic nitrogens is 2. The maximum Gasteiger partial charge on any atom is 0.287 e. The SMILES string of the molecule is CN=CC(C=N)S(=O)(=O)c1ccc(CNC(=O)c2cc3ccncc3o2)nc1. The summed E-state index contributed by atoms with van der Waals surface area (Å²) in [6, 6.07) is 6.24. The zero-order chi connectivity index (χ0) is 20.1. The average molecular weight is 399 g/mol. The smallest absolute Gasteiger partial charge is 0.287 e. The Balaban J connectivity index is 1.69. The van der Waals surface area contributed by atoms with Crippen LogP contribution in [-0.4, -0.2) is 49.0 Å². The number of amides is 1. The summed E-state index contributed by atoms with van der Waals surface area (Å²) >= 11 is 0. The minimum atomic E-state index is -3.78. The molecule has 3 aromatic rings. The van der Waals surface area contributed by atoms with E-state index in [0.29, 0.717) is 11.3 Å². The standard InChI is InChI=1S/C18H17N5O4S/c1-20-9-15(7-19)28(25,26)14-3-2-13(22-10-14)8-23-18(24)16-6-12-4-5-21-11-17(12)27-16/h2-7,9-11,15,19H,8H2,1H3,(H,23,24). The van der Waals surface area contributed by atoms with E-state index in [0.717, 1.165) is 11.6 Å². The second kappa shape index (κ2) is 8.09. The fourth-order valence-electron chi connectivity index (χ4n) is 2.45. The van der Waals surface area contributed by atoms with Gasteiger partial charge in [-0.05, 0) is 24.3 Å². The fraction of sp³-hybridized carbons (Fsp3) is 0.167. The summed E-state index contributed by atoms with van der Waals surface area (Å²) in [5, 5.41) is 9.56. The fourth-order valence-corrected chi connectivity index (χ4v) is 3.69. The van der Waals surface area contributed by atoms with Gasteiger partial charge in [0, 0.05) is 37.3 Å². The number of furan rings is 1. The van der Waals surface area contributed by atoms with Crippen molar-refractivity contribution in [3.8, 4) is 0 Å². The van der Waals surface area contributed by atoms with Gasteiger partial charge in [-0.3, -0.25) is 19.8 Å². The Kier molecular flexibility index (Phi) is 5.59. The summed E-state index contributed by atoms with van der Waals surface area (Å²) in [7, 11) is -2.34. The highest BCUT2D eigenvalue weighted by Gasteiger charge is 2.24. The van der Waals surface area contributed by atoms with Gasteiger partial charge in [-0.25, -0.2) is 8.42 Å². The molecule has 0 bridgehead atoms. The van der Waals surface area contributed by atoms with Crippen LogP contribution in [0.1, 0.15) is 16.2 Å². The molecule has 0 radical (unpaired) electrons. The first-order valence-electron chi connectivity index (χ1n) is 8.19. The van der Waals surface area contributed by atoms with Gasteiger partial charge in [-0.2, -0.15) is 0 Å². The molecule has 0 saturated carbocycles. The van der Waals surface area contributed by atoms with Crippen LogP contribution in [0.15, 0.2) is 57.2 Å². The van der Waals surface area contributed by atoms with E-state index in [-0.39, 0.29) is 17.2 Å². The Bertz CT molecular complexity index is 1100. The molecule has 0 aromatic carbocycles. The van der Waals surface area contributed by atoms with Crippen LogP contribution in [0.4, 0.5) is 0 Å². The Morgan fingerprint density at radius 1 is 1.36 bits per heavy atom. The number of sulfone groups is 1. The van der Waals surface area contributed by atoms with Crippen LogP contribution < -0.4 is 5.32 Å². The monoisotopic (exact) mass is 399 g/mol. The lowest BCUT2D eigenvalue weighted by Crippen LogP contribution is -2.25. The predicted molar refractivity (Wildman–Crippen MR) is 104 cm³/mol. The van der Waals surface area contributed by atoms with Gasteiger partial charge in [0.2, 0.25) is 0 Å². The molecule has 0 fully saturated rings. The average Bonchev–Trinajstić information content (AvgIpc) is 3.14. The normalized spacial score (nSPS) is 12.9. The number of carbonyl (C=O) groups is 1. The topological polar surface area (TPSA) is 138 Å². The molecule has 0 aliphatic rings. The van der Waals surface area contributed by atoms with E-state index in [4.69, 9.17) is 9.83 Å². The quantitative estimate of drug-likeness (QED) is 0.579. The number of carbonyl (C=O) groups excluding carboxylic acids is 1. The number of nitrogens with zero attached hydrogens (tertiary/aromatic N) is 3. The van der Waals surface area contributed by atoms with Crippen molar-refractivity contribution >= 4 is 39.1 Å². The Hall–Kier alpha value is -3.40. The van der Waals surface area contributed by atoms with Gasteiger partial charge in [0.05, 0.1) is 23.3 Å². The van der Waals surface area contributed by atoms with E-state index in [1.54, 1.807) is 18.3 Å². The summed E-state index contributed by atoms with van der Waals surface area (Å²) in [5.41, 5.74) is 0.984. The first-order chi connectivity index (χ1) is 13.5. The number of aliphatic imine (C=N–C) groups is 1. The molecule has 144 valence electrons. The largest absolute Gasteiger partial charge is 0.449 e. The van der Waals surface area contributed by atoms with Crippen molar-refractivity contribution in [2.75, 3.05) is 7.05 Å². The summed E-state index contributed by atoms with van der Waals surface area (Å²) in [5.74, 6) is -0.271. The molecule has 0 aliphatic carbocycles. The predicted octanol–water partition coefficient (Wildman–Crippen LogP) is 1.65. The van der Waals surface area contributed by atoms with Crippen LogP contribution in [0.2, 0.25) is 0 Å².